The second kappa shape index (κ2) is 25.1. The lowest BCUT2D eigenvalue weighted by Gasteiger charge is -2.58. The highest BCUT2D eigenvalue weighted by Gasteiger charge is 2.59. The van der Waals surface area contributed by atoms with Gasteiger partial charge in [-0.15, -0.1) is 0 Å². The second-order valence-corrected chi connectivity index (χ2v) is 22.2. The van der Waals surface area contributed by atoms with E-state index in [9.17, 15) is 20.1 Å². The van der Waals surface area contributed by atoms with Crippen molar-refractivity contribution in [1.29, 1.82) is 0 Å². The number of esters is 1. The molecule has 0 aromatic carbocycles. The van der Waals surface area contributed by atoms with Crippen LogP contribution in [0.1, 0.15) is 228 Å². The zero-order chi connectivity index (χ0) is 44.0. The minimum absolute atomic E-state index is 0.139. The molecule has 0 amide bonds. The lowest BCUT2D eigenvalue weighted by atomic mass is 9.47. The van der Waals surface area contributed by atoms with Crippen LogP contribution < -0.4 is 0 Å². The Balaban J connectivity index is 0.998. The van der Waals surface area contributed by atoms with E-state index in [2.05, 4.69) is 54.5 Å². The highest BCUT2D eigenvalue weighted by Crippen LogP contribution is 2.67. The van der Waals surface area contributed by atoms with Gasteiger partial charge in [-0.1, -0.05) is 169 Å². The summed E-state index contributed by atoms with van der Waals surface area (Å²) in [7, 11) is 0. The Morgan fingerprint density at radius 1 is 0.754 bits per heavy atom. The van der Waals surface area contributed by atoms with Gasteiger partial charge in [-0.05, 0) is 116 Å². The maximum absolute atomic E-state index is 12.6. The summed E-state index contributed by atoms with van der Waals surface area (Å²) in [6.07, 6.45) is 30.5. The molecule has 5 rings (SSSR count). The van der Waals surface area contributed by atoms with E-state index in [4.69, 9.17) is 14.2 Å². The fraction of sp³-hybridized carbons (Fsp3) is 0.944. The largest absolute Gasteiger partial charge is 0.463 e. The summed E-state index contributed by atoms with van der Waals surface area (Å²) in [5.41, 5.74) is 2.13. The van der Waals surface area contributed by atoms with E-state index in [1.54, 1.807) is 0 Å². The van der Waals surface area contributed by atoms with E-state index in [-0.39, 0.29) is 24.1 Å². The molecule has 1 aliphatic heterocycles. The maximum Gasteiger partial charge on any atom is 0.305 e. The molecule has 14 unspecified atom stereocenters. The second-order valence-electron chi connectivity index (χ2n) is 22.2. The molecule has 1 heterocycles. The molecule has 14 atom stereocenters. The smallest absolute Gasteiger partial charge is 0.305 e. The van der Waals surface area contributed by atoms with Gasteiger partial charge in [0.05, 0.1) is 6.10 Å². The zero-order valence-electron chi connectivity index (χ0n) is 40.6. The van der Waals surface area contributed by atoms with Gasteiger partial charge in [0.1, 0.15) is 31.0 Å². The summed E-state index contributed by atoms with van der Waals surface area (Å²) in [5, 5.41) is 32.6. The number of carbonyl (C=O) groups is 1. The van der Waals surface area contributed by atoms with Crippen LogP contribution in [-0.4, -0.2) is 64.7 Å². The van der Waals surface area contributed by atoms with E-state index in [1.807, 2.05) is 0 Å². The highest BCUT2D eigenvalue weighted by atomic mass is 16.7. The number of allylic oxidation sites excluding steroid dienone is 1. The third-order valence-corrected chi connectivity index (χ3v) is 17.9. The molecule has 3 N–H and O–H groups in total. The monoisotopic (exact) mass is 857 g/mol. The fourth-order valence-corrected chi connectivity index (χ4v) is 13.8. The van der Waals surface area contributed by atoms with Crippen LogP contribution in [0.15, 0.2) is 11.6 Å². The third-order valence-electron chi connectivity index (χ3n) is 17.9. The van der Waals surface area contributed by atoms with Crippen LogP contribution in [0.3, 0.4) is 0 Å². The van der Waals surface area contributed by atoms with Gasteiger partial charge in [-0.3, -0.25) is 4.79 Å². The van der Waals surface area contributed by atoms with Crippen LogP contribution in [0.5, 0.6) is 0 Å². The van der Waals surface area contributed by atoms with Gasteiger partial charge in [-0.2, -0.15) is 0 Å². The Hall–Kier alpha value is -0.990. The van der Waals surface area contributed by atoms with Gasteiger partial charge >= 0.3 is 5.97 Å². The summed E-state index contributed by atoms with van der Waals surface area (Å²) in [5.74, 6) is 5.24. The van der Waals surface area contributed by atoms with Crippen LogP contribution in [-0.2, 0) is 19.0 Å². The molecule has 0 bridgehead atoms. The molecule has 0 aromatic rings. The van der Waals surface area contributed by atoms with Crippen molar-refractivity contribution < 1.29 is 34.3 Å². The minimum Gasteiger partial charge on any atom is -0.463 e. The Labute approximate surface area is 374 Å². The van der Waals surface area contributed by atoms with Gasteiger partial charge in [-0.25, -0.2) is 0 Å². The van der Waals surface area contributed by atoms with Gasteiger partial charge in [0.15, 0.2) is 6.29 Å². The predicted molar refractivity (Wildman–Crippen MR) is 249 cm³/mol. The van der Waals surface area contributed by atoms with Crippen LogP contribution in [0.2, 0.25) is 0 Å². The average molecular weight is 857 g/mol. The number of aliphatic hydroxyl groups excluding tert-OH is 3. The van der Waals surface area contributed by atoms with E-state index < -0.39 is 30.7 Å². The standard InChI is InChI=1S/C54H96O7/c1-8-10-11-12-13-14-15-16-17-18-19-20-21-22-23-24-25-48(55)59-37-47-49(56)50(57)51(58)52(61-47)60-42-32-34-53(6)41(36-42)28-29-43-45-31-30-44(54(45,7)35-33-46(43)53)39(5)26-27-40(9-2)38(3)4/h28,38-40,42-47,49-52,56-58H,8-27,29-37H2,1-7H3. The van der Waals surface area contributed by atoms with Crippen molar-refractivity contribution in [3.63, 3.8) is 0 Å². The Morgan fingerprint density at radius 3 is 1.98 bits per heavy atom. The van der Waals surface area contributed by atoms with Crippen molar-refractivity contribution in [2.45, 2.75) is 265 Å². The van der Waals surface area contributed by atoms with E-state index in [0.717, 1.165) is 80.5 Å². The molecule has 4 fully saturated rings. The molecule has 1 saturated heterocycles. The number of unbranched alkanes of at least 4 members (excludes halogenated alkanes) is 15. The van der Waals surface area contributed by atoms with Gasteiger partial charge in [0.2, 0.25) is 0 Å². The SMILES string of the molecule is CCCCCCCCCCCCCCCCCCC(=O)OCC1OC(OC2CCC3(C)C(=CCC4C3CCC3(C)C(C(C)CCC(CC)C(C)C)CCC43)C2)C(O)C(O)C1O. The third kappa shape index (κ3) is 13.5. The summed E-state index contributed by atoms with van der Waals surface area (Å²) in [6.45, 7) is 17.1. The molecular formula is C54H96O7. The number of aliphatic hydroxyl groups is 3. The van der Waals surface area contributed by atoms with E-state index in [0.29, 0.717) is 17.8 Å². The number of hydrogen-bond donors (Lipinski definition) is 3. The van der Waals surface area contributed by atoms with Gasteiger partial charge in [0.25, 0.3) is 0 Å². The molecule has 7 nitrogen and oxygen atoms in total. The normalized spacial score (nSPS) is 35.9. The number of carbonyl (C=O) groups excluding carboxylic acids is 1. The Kier molecular flexibility index (Phi) is 21.0. The summed E-state index contributed by atoms with van der Waals surface area (Å²) in [6, 6.07) is 0. The molecule has 0 aromatic heterocycles. The molecule has 0 radical (unpaired) electrons. The summed E-state index contributed by atoms with van der Waals surface area (Å²) >= 11 is 0. The Morgan fingerprint density at radius 2 is 1.38 bits per heavy atom. The first kappa shape index (κ1) is 51.0. The molecule has 7 heteroatoms. The van der Waals surface area contributed by atoms with Gasteiger partial charge in [0, 0.05) is 6.42 Å². The average Bonchev–Trinajstić information content (AvgIpc) is 3.60. The fourth-order valence-electron chi connectivity index (χ4n) is 13.8. The highest BCUT2D eigenvalue weighted by molar-refractivity contribution is 5.69. The van der Waals surface area contributed by atoms with Crippen LogP contribution in [0.4, 0.5) is 0 Å². The molecule has 4 aliphatic carbocycles. The van der Waals surface area contributed by atoms with Crippen LogP contribution >= 0.6 is 0 Å². The molecule has 0 spiro atoms. The predicted octanol–water partition coefficient (Wildman–Crippen LogP) is 13.1. The molecule has 61 heavy (non-hydrogen) atoms. The number of ether oxygens (including phenoxy) is 3. The maximum atomic E-state index is 12.6. The van der Waals surface area contributed by atoms with Crippen molar-refractivity contribution in [3.8, 4) is 0 Å². The first-order chi connectivity index (χ1) is 29.3. The zero-order valence-corrected chi connectivity index (χ0v) is 40.6. The Bertz CT molecular complexity index is 1300. The number of fused-ring (bicyclic) bond motifs is 5. The van der Waals surface area contributed by atoms with Crippen LogP contribution in [0, 0.1) is 52.3 Å². The first-order valence-electron chi connectivity index (χ1n) is 26.5. The summed E-state index contributed by atoms with van der Waals surface area (Å²) in [4.78, 5) is 12.6. The van der Waals surface area contributed by atoms with Crippen molar-refractivity contribution in [2.75, 3.05) is 6.61 Å². The van der Waals surface area contributed by atoms with E-state index in [1.165, 1.54) is 134 Å². The van der Waals surface area contributed by atoms with E-state index >= 15 is 0 Å². The lowest BCUT2D eigenvalue weighted by molar-refractivity contribution is -0.313. The van der Waals surface area contributed by atoms with Crippen molar-refractivity contribution in [1.82, 2.24) is 0 Å². The van der Waals surface area contributed by atoms with Crippen molar-refractivity contribution in [3.05, 3.63) is 11.6 Å². The molecule has 354 valence electrons. The molecule has 5 aliphatic rings. The lowest BCUT2D eigenvalue weighted by Crippen LogP contribution is -2.60. The van der Waals surface area contributed by atoms with Crippen LogP contribution in [0.25, 0.3) is 0 Å². The number of hydrogen-bond acceptors (Lipinski definition) is 7. The summed E-state index contributed by atoms with van der Waals surface area (Å²) < 4.78 is 18.1. The van der Waals surface area contributed by atoms with Crippen molar-refractivity contribution in [2.24, 2.45) is 52.3 Å². The first-order valence-corrected chi connectivity index (χ1v) is 26.5. The van der Waals surface area contributed by atoms with Gasteiger partial charge < -0.3 is 29.5 Å². The molecular weight excluding hydrogens is 761 g/mol. The minimum atomic E-state index is -1.44. The topological polar surface area (TPSA) is 105 Å². The quantitative estimate of drug-likeness (QED) is 0.0429. The van der Waals surface area contributed by atoms with Crippen molar-refractivity contribution >= 4 is 5.97 Å². The molecule has 3 saturated carbocycles. The number of rotatable bonds is 27.